The molecule has 1 aliphatic carbocycles. The minimum absolute atomic E-state index is 0.833. The highest BCUT2D eigenvalue weighted by Gasteiger charge is 1.98. The zero-order valence-corrected chi connectivity index (χ0v) is 3.61. The summed E-state index contributed by atoms with van der Waals surface area (Å²) in [7, 11) is 0. The van der Waals surface area contributed by atoms with Crippen molar-refractivity contribution in [2.75, 3.05) is 0 Å². The van der Waals surface area contributed by atoms with Crippen molar-refractivity contribution in [3.63, 3.8) is 0 Å². The van der Waals surface area contributed by atoms with Gasteiger partial charge in [0, 0.05) is 6.42 Å². The molecule has 1 nitrogen and oxygen atoms in total. The van der Waals surface area contributed by atoms with Gasteiger partial charge in [0.05, 0.1) is 5.76 Å². The molecule has 0 aliphatic heterocycles. The number of aliphatic hydroxyl groups excluding tert-OH is 1. The number of allylic oxidation sites excluding steroid dienone is 2. The molecule has 34 valence electrons. The van der Waals surface area contributed by atoms with E-state index in [1.807, 2.05) is 6.08 Å². The molecule has 1 rings (SSSR count). The third-order valence-electron chi connectivity index (χ3n) is 0.999. The van der Waals surface area contributed by atoms with E-state index in [1.165, 1.54) is 0 Å². The number of rotatable bonds is 1. The van der Waals surface area contributed by atoms with Crippen molar-refractivity contribution < 1.29 is 5.11 Å². The summed E-state index contributed by atoms with van der Waals surface area (Å²) in [4.78, 5) is 0. The average Bonchev–Trinajstić information content (AvgIpc) is 2.14. The van der Waals surface area contributed by atoms with Gasteiger partial charge >= 0.3 is 0 Å². The number of hydrogen-bond donors (Lipinski definition) is 1. The van der Waals surface area contributed by atoms with Crippen LogP contribution in [0.25, 0.3) is 1.43 Å². The summed E-state index contributed by atoms with van der Waals surface area (Å²) in [5, 5.41) is 4.22. The molecule has 0 atom stereocenters. The number of aliphatic hydroxyl groups is 1. The van der Waals surface area contributed by atoms with E-state index in [9.17, 15) is 0 Å². The Kier molecular flexibility index (Phi) is 0.592. The quantitative estimate of drug-likeness (QED) is 0.514. The first kappa shape index (κ1) is 2.67. The van der Waals surface area contributed by atoms with Crippen LogP contribution in [-0.4, -0.2) is 5.11 Å². The Labute approximate surface area is 38.8 Å². The summed E-state index contributed by atoms with van der Waals surface area (Å²) in [6.45, 7) is 0. The maximum absolute atomic E-state index is 6.43. The van der Waals surface area contributed by atoms with Crippen LogP contribution in [0, 0.1) is 0 Å². The lowest BCUT2D eigenvalue weighted by atomic mass is 10.4. The lowest BCUT2D eigenvalue weighted by Crippen LogP contribution is -1.66. The van der Waals surface area contributed by atoms with Crippen LogP contribution < -0.4 is 0 Å². The van der Waals surface area contributed by atoms with Crippen molar-refractivity contribution in [3.8, 4) is 0 Å². The van der Waals surface area contributed by atoms with Gasteiger partial charge in [-0.15, -0.1) is 0 Å². The van der Waals surface area contributed by atoms with Crippen LogP contribution in [0.2, 0.25) is 0 Å². The molecule has 1 aliphatic rings. The molecule has 6 heavy (non-hydrogen) atoms. The van der Waals surface area contributed by atoms with Crippen LogP contribution in [0.4, 0.5) is 0 Å². The van der Waals surface area contributed by atoms with E-state index in [0.717, 1.165) is 25.0 Å². The summed E-state index contributed by atoms with van der Waals surface area (Å²) in [6, 6.07) is 0. The third-order valence-corrected chi connectivity index (χ3v) is 0.999. The maximum Gasteiger partial charge on any atom is 0.293 e. The molecule has 0 saturated carbocycles. The fourth-order valence-corrected chi connectivity index (χ4v) is 0.641. The van der Waals surface area contributed by atoms with Gasteiger partial charge in [0.1, 0.15) is 0 Å². The summed E-state index contributed by atoms with van der Waals surface area (Å²) >= 11 is 0. The highest BCUT2D eigenvalue weighted by Crippen LogP contribution is 2.13. The molecule has 1 heteroatoms. The van der Waals surface area contributed by atoms with E-state index in [2.05, 4.69) is 5.11 Å². The molecule has 0 aromatic carbocycles. The number of hydrogen-bond acceptors (Lipinski definition) is 1. The Bertz CT molecular complexity index is 88.1. The zero-order chi connectivity index (χ0) is 5.11. The Balaban J connectivity index is 2.36. The highest BCUT2D eigenvalue weighted by molar-refractivity contribution is 4.96. The molecule has 0 bridgehead atoms. The van der Waals surface area contributed by atoms with Crippen LogP contribution in [0.15, 0.2) is 11.8 Å². The Morgan fingerprint density at radius 3 is 3.33 bits per heavy atom. The Hall–Kier alpha value is -0.460. The molecule has 1 N–H and O–H groups in total. The van der Waals surface area contributed by atoms with Crippen LogP contribution in [-0.2, 0) is 0 Å². The highest BCUT2D eigenvalue weighted by atomic mass is 16.3. The lowest BCUT2D eigenvalue weighted by Gasteiger charge is -1.80. The van der Waals surface area contributed by atoms with Crippen molar-refractivity contribution in [3.05, 3.63) is 11.8 Å². The first-order valence-electron chi connectivity index (χ1n) is 2.66. The second-order valence-corrected chi connectivity index (χ2v) is 1.56. The van der Waals surface area contributed by atoms with E-state index in [0.29, 0.717) is 0 Å². The van der Waals surface area contributed by atoms with Gasteiger partial charge in [0.2, 0.25) is 0 Å². The summed E-state index contributed by atoms with van der Waals surface area (Å²) in [6.07, 6.45) is 5.18. The lowest BCUT2D eigenvalue weighted by molar-refractivity contribution is 0.397. The molecular formula is C5H8O. The second kappa shape index (κ2) is 1.33. The summed E-state index contributed by atoms with van der Waals surface area (Å²) < 4.78 is 6.43. The van der Waals surface area contributed by atoms with Gasteiger partial charge in [-0.2, -0.15) is 0 Å². The van der Waals surface area contributed by atoms with Crippen LogP contribution in [0.3, 0.4) is 0 Å². The van der Waals surface area contributed by atoms with E-state index >= 15 is 0 Å². The monoisotopic (exact) mass is 86.1 g/mol. The van der Waals surface area contributed by atoms with Crippen molar-refractivity contribution in [1.82, 2.24) is 0 Å². The van der Waals surface area contributed by atoms with Crippen LogP contribution in [0.1, 0.15) is 19.3 Å². The molecule has 0 aromatic rings. The standard InChI is InChI=1S/C5H8O/c6-5-3-1-2-4-5/h3,6H,1-2,4H2/i/hT. The molecule has 0 saturated heterocycles. The van der Waals surface area contributed by atoms with Crippen molar-refractivity contribution >= 4 is 0 Å². The second-order valence-electron chi connectivity index (χ2n) is 1.56. The topological polar surface area (TPSA) is 20.2 Å². The molecular weight excluding hydrogens is 76.1 g/mol. The van der Waals surface area contributed by atoms with E-state index in [4.69, 9.17) is 1.43 Å². The summed E-state index contributed by atoms with van der Waals surface area (Å²) in [5.74, 6) is 0.833. The third kappa shape index (κ3) is 0.534. The van der Waals surface area contributed by atoms with E-state index in [-0.39, 0.29) is 0 Å². The molecule has 0 unspecified atom stereocenters. The van der Waals surface area contributed by atoms with Crippen molar-refractivity contribution in [1.29, 1.82) is 1.43 Å². The fraction of sp³-hybridized carbons (Fsp3) is 0.600. The van der Waals surface area contributed by atoms with Gasteiger partial charge < -0.3 is 5.11 Å². The minimum Gasteiger partial charge on any atom is -0.513 e. The smallest absolute Gasteiger partial charge is 0.293 e. The first-order chi connectivity index (χ1) is 3.43. The molecule has 0 spiro atoms. The van der Waals surface area contributed by atoms with Gasteiger partial charge in [-0.3, -0.25) is 0 Å². The van der Waals surface area contributed by atoms with Crippen molar-refractivity contribution in [2.24, 2.45) is 0 Å². The molecule has 0 fully saturated rings. The minimum atomic E-state index is 0.833. The fourth-order valence-electron chi connectivity index (χ4n) is 0.641. The van der Waals surface area contributed by atoms with Gasteiger partial charge in [0.25, 0.3) is 1.43 Å². The maximum atomic E-state index is 6.43. The Morgan fingerprint density at radius 2 is 3.00 bits per heavy atom. The predicted octanol–water partition coefficient (Wildman–Crippen LogP) is 1.61. The normalized spacial score (nSPS) is 22.7. The predicted molar refractivity (Wildman–Crippen MR) is 24.6 cm³/mol. The zero-order valence-electron chi connectivity index (χ0n) is 4.61. The van der Waals surface area contributed by atoms with Gasteiger partial charge in [0.15, 0.2) is 0 Å². The van der Waals surface area contributed by atoms with Crippen LogP contribution >= 0.6 is 0 Å². The van der Waals surface area contributed by atoms with Gasteiger partial charge in [-0.05, 0) is 18.9 Å². The van der Waals surface area contributed by atoms with Crippen molar-refractivity contribution in [2.45, 2.75) is 19.3 Å². The Morgan fingerprint density at radius 1 is 2.00 bits per heavy atom. The van der Waals surface area contributed by atoms with E-state index in [1.54, 1.807) is 0 Å². The molecule has 0 radical (unpaired) electrons. The van der Waals surface area contributed by atoms with Gasteiger partial charge in [-0.25, -0.2) is 0 Å². The average molecular weight is 86.1 g/mol. The first-order valence-corrected chi connectivity index (χ1v) is 2.25. The largest absolute Gasteiger partial charge is 0.513 e. The molecule has 0 aromatic heterocycles. The van der Waals surface area contributed by atoms with Crippen LogP contribution in [0.5, 0.6) is 0 Å². The summed E-state index contributed by atoms with van der Waals surface area (Å²) in [5.41, 5.74) is 0. The van der Waals surface area contributed by atoms with E-state index < -0.39 is 0 Å². The van der Waals surface area contributed by atoms with Gasteiger partial charge in [-0.1, -0.05) is 0 Å². The molecule has 0 amide bonds. The molecule has 0 heterocycles. The SMILES string of the molecule is [3H]OC1=CCCC1.